The smallest absolute Gasteiger partial charge is 0.153 e. The lowest BCUT2D eigenvalue weighted by atomic mass is 10.3. The molecular formula is C11H10Br2N4. The van der Waals surface area contributed by atoms with Crippen LogP contribution in [-0.4, -0.2) is 14.4 Å². The fourth-order valence-electron chi connectivity index (χ4n) is 1.22. The summed E-state index contributed by atoms with van der Waals surface area (Å²) < 4.78 is 3.43. The van der Waals surface area contributed by atoms with Gasteiger partial charge in [-0.3, -0.25) is 10.1 Å². The number of halogens is 2. The number of aromatic nitrogens is 2. The van der Waals surface area contributed by atoms with Crippen molar-refractivity contribution in [2.75, 3.05) is 5.43 Å². The molecule has 2 rings (SSSR count). The number of hydrogen-bond acceptors (Lipinski definition) is 3. The lowest BCUT2D eigenvalue weighted by Crippen LogP contribution is -1.99. The zero-order valence-electron chi connectivity index (χ0n) is 9.06. The molecule has 0 saturated heterocycles. The Balaban J connectivity index is 2.08. The maximum absolute atomic E-state index is 4.23. The highest BCUT2D eigenvalue weighted by Crippen LogP contribution is 2.14. The monoisotopic (exact) mass is 356 g/mol. The van der Waals surface area contributed by atoms with Crippen molar-refractivity contribution in [3.63, 3.8) is 0 Å². The Morgan fingerprint density at radius 1 is 1.29 bits per heavy atom. The minimum absolute atomic E-state index is 0.668. The number of hydrogen-bond donors (Lipinski definition) is 1. The maximum atomic E-state index is 4.23. The van der Waals surface area contributed by atoms with Gasteiger partial charge in [-0.1, -0.05) is 15.9 Å². The molecule has 6 heteroatoms. The van der Waals surface area contributed by atoms with Crippen molar-refractivity contribution in [1.82, 2.24) is 9.78 Å². The third-order valence-corrected chi connectivity index (χ3v) is 3.16. The molecule has 0 radical (unpaired) electrons. The van der Waals surface area contributed by atoms with Crippen LogP contribution in [0.1, 0.15) is 5.69 Å². The molecule has 1 N–H and O–H groups in total. The molecule has 0 unspecified atom stereocenters. The predicted octanol–water partition coefficient (Wildman–Crippen LogP) is 3.35. The van der Waals surface area contributed by atoms with Gasteiger partial charge in [-0.25, -0.2) is 0 Å². The lowest BCUT2D eigenvalue weighted by Gasteiger charge is -2.00. The third-order valence-electron chi connectivity index (χ3n) is 2.05. The molecule has 0 atom stereocenters. The van der Waals surface area contributed by atoms with Gasteiger partial charge in [0.05, 0.1) is 5.69 Å². The number of nitrogens with zero attached hydrogens (tertiary/aromatic N) is 3. The number of hydrazone groups is 1. The van der Waals surface area contributed by atoms with Gasteiger partial charge in [-0.2, -0.15) is 10.2 Å². The van der Waals surface area contributed by atoms with E-state index in [0.29, 0.717) is 4.62 Å². The highest BCUT2D eigenvalue weighted by Gasteiger charge is 2.02. The Morgan fingerprint density at radius 3 is 2.59 bits per heavy atom. The highest BCUT2D eigenvalue weighted by molar-refractivity contribution is 9.18. The first kappa shape index (κ1) is 12.3. The Morgan fingerprint density at radius 2 is 2.00 bits per heavy atom. The molecule has 0 bridgehead atoms. The summed E-state index contributed by atoms with van der Waals surface area (Å²) in [5, 5.41) is 8.43. The highest BCUT2D eigenvalue weighted by atomic mass is 79.9. The van der Waals surface area contributed by atoms with E-state index in [1.807, 2.05) is 43.6 Å². The molecule has 17 heavy (non-hydrogen) atoms. The van der Waals surface area contributed by atoms with E-state index in [1.54, 1.807) is 4.68 Å². The topological polar surface area (TPSA) is 42.2 Å². The van der Waals surface area contributed by atoms with E-state index in [-0.39, 0.29) is 0 Å². The molecule has 0 fully saturated rings. The quantitative estimate of drug-likeness (QED) is 0.676. The SMILES string of the molecule is Cn1ccc(/C(Br)=N/Nc2ccc(Br)cc2)n1. The van der Waals surface area contributed by atoms with E-state index in [2.05, 4.69) is 47.5 Å². The second-order valence-corrected chi connectivity index (χ2v) is 5.06. The molecule has 0 aliphatic carbocycles. The Bertz CT molecular complexity index is 531. The minimum Gasteiger partial charge on any atom is -0.277 e. The maximum Gasteiger partial charge on any atom is 0.153 e. The van der Waals surface area contributed by atoms with E-state index >= 15 is 0 Å². The molecule has 0 amide bonds. The van der Waals surface area contributed by atoms with Gasteiger partial charge in [0.15, 0.2) is 4.62 Å². The summed E-state index contributed by atoms with van der Waals surface area (Å²) in [4.78, 5) is 0. The molecule has 0 aliphatic heterocycles. The average molecular weight is 358 g/mol. The summed E-state index contributed by atoms with van der Waals surface area (Å²) in [5.41, 5.74) is 4.66. The van der Waals surface area contributed by atoms with E-state index in [0.717, 1.165) is 15.9 Å². The third kappa shape index (κ3) is 3.41. The van der Waals surface area contributed by atoms with Crippen molar-refractivity contribution < 1.29 is 0 Å². The van der Waals surface area contributed by atoms with Gasteiger partial charge in [-0.05, 0) is 46.3 Å². The van der Waals surface area contributed by atoms with Crippen molar-refractivity contribution in [2.24, 2.45) is 12.1 Å². The largest absolute Gasteiger partial charge is 0.277 e. The summed E-state index contributed by atoms with van der Waals surface area (Å²) in [5.74, 6) is 0. The van der Waals surface area contributed by atoms with E-state index in [1.165, 1.54) is 0 Å². The lowest BCUT2D eigenvalue weighted by molar-refractivity contribution is 0.765. The summed E-state index contributed by atoms with van der Waals surface area (Å²) in [6.07, 6.45) is 1.87. The van der Waals surface area contributed by atoms with Crippen molar-refractivity contribution in [2.45, 2.75) is 0 Å². The van der Waals surface area contributed by atoms with Gasteiger partial charge in [0.25, 0.3) is 0 Å². The first-order valence-electron chi connectivity index (χ1n) is 4.90. The van der Waals surface area contributed by atoms with Crippen molar-refractivity contribution >= 4 is 42.2 Å². The van der Waals surface area contributed by atoms with Gasteiger partial charge in [0.1, 0.15) is 5.69 Å². The minimum atomic E-state index is 0.668. The van der Waals surface area contributed by atoms with Crippen LogP contribution in [0.5, 0.6) is 0 Å². The van der Waals surface area contributed by atoms with Crippen LogP contribution in [0.3, 0.4) is 0 Å². The van der Waals surface area contributed by atoms with Gasteiger partial charge < -0.3 is 0 Å². The molecule has 88 valence electrons. The first-order valence-corrected chi connectivity index (χ1v) is 6.48. The molecule has 1 heterocycles. The van der Waals surface area contributed by atoms with Crippen LogP contribution in [0.4, 0.5) is 5.69 Å². The predicted molar refractivity (Wildman–Crippen MR) is 76.4 cm³/mol. The number of nitrogens with one attached hydrogen (secondary N) is 1. The van der Waals surface area contributed by atoms with Crippen LogP contribution in [0.15, 0.2) is 46.1 Å². The average Bonchev–Trinajstić information content (AvgIpc) is 2.75. The number of aryl methyl sites for hydroxylation is 1. The summed E-state index contributed by atoms with van der Waals surface area (Å²) >= 11 is 6.75. The summed E-state index contributed by atoms with van der Waals surface area (Å²) in [6, 6.07) is 9.66. The molecule has 1 aromatic carbocycles. The van der Waals surface area contributed by atoms with E-state index in [4.69, 9.17) is 0 Å². The molecule has 0 spiro atoms. The number of anilines is 1. The standard InChI is InChI=1S/C11H10Br2N4/c1-17-7-6-10(16-17)11(13)15-14-9-4-2-8(12)3-5-9/h2-7,14H,1H3/b15-11-. The summed E-state index contributed by atoms with van der Waals surface area (Å²) in [6.45, 7) is 0. The fourth-order valence-corrected chi connectivity index (χ4v) is 1.78. The number of benzene rings is 1. The second kappa shape index (κ2) is 5.46. The van der Waals surface area contributed by atoms with Crippen LogP contribution in [0.2, 0.25) is 0 Å². The zero-order valence-corrected chi connectivity index (χ0v) is 12.2. The zero-order chi connectivity index (χ0) is 12.3. The summed E-state index contributed by atoms with van der Waals surface area (Å²) in [7, 11) is 1.87. The molecule has 1 aromatic heterocycles. The first-order chi connectivity index (χ1) is 8.15. The molecule has 4 nitrogen and oxygen atoms in total. The van der Waals surface area contributed by atoms with Crippen molar-refractivity contribution in [3.8, 4) is 0 Å². The Hall–Kier alpha value is -1.14. The second-order valence-electron chi connectivity index (χ2n) is 3.40. The van der Waals surface area contributed by atoms with Crippen molar-refractivity contribution in [3.05, 3.63) is 46.7 Å². The number of rotatable bonds is 3. The van der Waals surface area contributed by atoms with Crippen LogP contribution in [0, 0.1) is 0 Å². The fraction of sp³-hybridized carbons (Fsp3) is 0.0909. The van der Waals surface area contributed by atoms with Crippen LogP contribution < -0.4 is 5.43 Å². The van der Waals surface area contributed by atoms with Crippen molar-refractivity contribution in [1.29, 1.82) is 0 Å². The van der Waals surface area contributed by atoms with Crippen LogP contribution in [-0.2, 0) is 7.05 Å². The normalized spacial score (nSPS) is 11.6. The van der Waals surface area contributed by atoms with Crippen LogP contribution >= 0.6 is 31.9 Å². The van der Waals surface area contributed by atoms with Gasteiger partial charge in [0, 0.05) is 17.7 Å². The van der Waals surface area contributed by atoms with Gasteiger partial charge in [0.2, 0.25) is 0 Å². The Kier molecular flexibility index (Phi) is 3.96. The molecule has 0 aliphatic rings. The van der Waals surface area contributed by atoms with Crippen LogP contribution in [0.25, 0.3) is 0 Å². The van der Waals surface area contributed by atoms with E-state index in [9.17, 15) is 0 Å². The Labute approximate surface area is 116 Å². The van der Waals surface area contributed by atoms with Gasteiger partial charge in [-0.15, -0.1) is 0 Å². The molecule has 0 saturated carbocycles. The van der Waals surface area contributed by atoms with E-state index < -0.39 is 0 Å². The molecular weight excluding hydrogens is 348 g/mol. The van der Waals surface area contributed by atoms with Gasteiger partial charge >= 0.3 is 0 Å². The molecule has 2 aromatic rings.